The van der Waals surface area contributed by atoms with E-state index in [1.54, 1.807) is 7.05 Å². The lowest BCUT2D eigenvalue weighted by molar-refractivity contribution is -0.120. The van der Waals surface area contributed by atoms with Crippen molar-refractivity contribution in [1.82, 2.24) is 5.32 Å². The van der Waals surface area contributed by atoms with Gasteiger partial charge >= 0.3 is 0 Å². The van der Waals surface area contributed by atoms with Crippen molar-refractivity contribution in [3.63, 3.8) is 0 Å². The molecule has 3 N–H and O–H groups in total. The number of ether oxygens (including phenoxy) is 2. The molecule has 0 aliphatic rings. The summed E-state index contributed by atoms with van der Waals surface area (Å²) in [6.07, 6.45) is 1.13. The molecule has 0 fully saturated rings. The number of carbonyl (C=O) groups is 1. The quantitative estimate of drug-likeness (QED) is 0.698. The standard InChI is InChI=1S/C14H22N2O3/c1-3-18-13-9-11(10-15)6-7-12(13)19-8-4-5-14(17)16-2/h6-7,9H,3-5,8,10,15H2,1-2H3,(H,16,17). The molecule has 1 rings (SSSR count). The van der Waals surface area contributed by atoms with E-state index in [-0.39, 0.29) is 5.91 Å². The lowest BCUT2D eigenvalue weighted by Crippen LogP contribution is -2.18. The number of hydrogen-bond donors (Lipinski definition) is 2. The maximum Gasteiger partial charge on any atom is 0.219 e. The van der Waals surface area contributed by atoms with Crippen LogP contribution >= 0.6 is 0 Å². The van der Waals surface area contributed by atoms with Gasteiger partial charge in [0, 0.05) is 20.0 Å². The molecule has 5 heteroatoms. The summed E-state index contributed by atoms with van der Waals surface area (Å²) in [7, 11) is 1.63. The van der Waals surface area contributed by atoms with E-state index in [1.165, 1.54) is 0 Å². The highest BCUT2D eigenvalue weighted by molar-refractivity contribution is 5.75. The Morgan fingerprint density at radius 3 is 2.74 bits per heavy atom. The molecule has 106 valence electrons. The number of amides is 1. The minimum Gasteiger partial charge on any atom is -0.490 e. The molecule has 0 aliphatic heterocycles. The van der Waals surface area contributed by atoms with Crippen molar-refractivity contribution in [2.45, 2.75) is 26.3 Å². The van der Waals surface area contributed by atoms with E-state index in [4.69, 9.17) is 15.2 Å². The zero-order chi connectivity index (χ0) is 14.1. The highest BCUT2D eigenvalue weighted by Crippen LogP contribution is 2.28. The van der Waals surface area contributed by atoms with Crippen molar-refractivity contribution >= 4 is 5.91 Å². The van der Waals surface area contributed by atoms with Crippen LogP contribution in [0.25, 0.3) is 0 Å². The molecule has 0 unspecified atom stereocenters. The first kappa shape index (κ1) is 15.3. The molecule has 0 aromatic heterocycles. The van der Waals surface area contributed by atoms with Gasteiger partial charge in [0.1, 0.15) is 0 Å². The van der Waals surface area contributed by atoms with Gasteiger partial charge in [0.25, 0.3) is 0 Å². The Balaban J connectivity index is 2.54. The summed E-state index contributed by atoms with van der Waals surface area (Å²) in [6.45, 7) is 3.44. The molecule has 5 nitrogen and oxygen atoms in total. The maximum atomic E-state index is 11.1. The van der Waals surface area contributed by atoms with Crippen molar-refractivity contribution in [3.8, 4) is 11.5 Å². The second-order valence-corrected chi connectivity index (χ2v) is 4.04. The molecule has 1 amide bonds. The molecule has 0 heterocycles. The van der Waals surface area contributed by atoms with Crippen LogP contribution in [0.5, 0.6) is 11.5 Å². The third-order valence-electron chi connectivity index (χ3n) is 2.63. The first-order valence-electron chi connectivity index (χ1n) is 6.50. The van der Waals surface area contributed by atoms with E-state index in [0.29, 0.717) is 44.1 Å². The average molecular weight is 266 g/mol. The summed E-state index contributed by atoms with van der Waals surface area (Å²) in [6, 6.07) is 5.65. The average Bonchev–Trinajstić information content (AvgIpc) is 2.44. The van der Waals surface area contributed by atoms with Crippen LogP contribution in [0.1, 0.15) is 25.3 Å². The summed E-state index contributed by atoms with van der Waals surface area (Å²) < 4.78 is 11.2. The fourth-order valence-corrected chi connectivity index (χ4v) is 1.61. The van der Waals surface area contributed by atoms with Gasteiger partial charge in [-0.05, 0) is 31.0 Å². The largest absolute Gasteiger partial charge is 0.490 e. The zero-order valence-electron chi connectivity index (χ0n) is 11.6. The SMILES string of the molecule is CCOc1cc(CN)ccc1OCCCC(=O)NC. The van der Waals surface area contributed by atoms with Crippen LogP contribution in [0.3, 0.4) is 0 Å². The van der Waals surface area contributed by atoms with Crippen molar-refractivity contribution in [2.24, 2.45) is 5.73 Å². The van der Waals surface area contributed by atoms with Crippen molar-refractivity contribution in [1.29, 1.82) is 0 Å². The lowest BCUT2D eigenvalue weighted by Gasteiger charge is -2.12. The Kier molecular flexibility index (Phi) is 6.74. The molecule has 0 radical (unpaired) electrons. The second-order valence-electron chi connectivity index (χ2n) is 4.04. The minimum absolute atomic E-state index is 0.0205. The molecule has 0 bridgehead atoms. The first-order valence-corrected chi connectivity index (χ1v) is 6.50. The Morgan fingerprint density at radius 2 is 2.11 bits per heavy atom. The number of rotatable bonds is 8. The summed E-state index contributed by atoms with van der Waals surface area (Å²) in [4.78, 5) is 11.1. The molecule has 0 aliphatic carbocycles. The van der Waals surface area contributed by atoms with E-state index in [1.807, 2.05) is 25.1 Å². The van der Waals surface area contributed by atoms with Gasteiger partial charge in [0.2, 0.25) is 5.91 Å². The van der Waals surface area contributed by atoms with Gasteiger partial charge in [0.05, 0.1) is 13.2 Å². The number of nitrogens with one attached hydrogen (secondary N) is 1. The summed E-state index contributed by atoms with van der Waals surface area (Å²) in [5.41, 5.74) is 6.60. The zero-order valence-corrected chi connectivity index (χ0v) is 11.6. The van der Waals surface area contributed by atoms with Crippen LogP contribution in [0.15, 0.2) is 18.2 Å². The molecule has 0 saturated carbocycles. The van der Waals surface area contributed by atoms with E-state index in [9.17, 15) is 4.79 Å². The third-order valence-corrected chi connectivity index (χ3v) is 2.63. The topological polar surface area (TPSA) is 73.6 Å². The van der Waals surface area contributed by atoms with Gasteiger partial charge in [0.15, 0.2) is 11.5 Å². The molecule has 1 aromatic carbocycles. The fourth-order valence-electron chi connectivity index (χ4n) is 1.61. The molecular formula is C14H22N2O3. The molecule has 19 heavy (non-hydrogen) atoms. The van der Waals surface area contributed by atoms with Gasteiger partial charge in [-0.3, -0.25) is 4.79 Å². The summed E-state index contributed by atoms with van der Waals surface area (Å²) in [5, 5.41) is 2.58. The van der Waals surface area contributed by atoms with E-state index in [2.05, 4.69) is 5.32 Å². The molecule has 0 spiro atoms. The summed E-state index contributed by atoms with van der Waals surface area (Å²) in [5.74, 6) is 1.41. The number of benzene rings is 1. The Labute approximate surface area is 114 Å². The van der Waals surface area contributed by atoms with Crippen molar-refractivity contribution < 1.29 is 14.3 Å². The van der Waals surface area contributed by atoms with Gasteiger partial charge in [-0.25, -0.2) is 0 Å². The normalized spacial score (nSPS) is 10.1. The molecule has 1 aromatic rings. The lowest BCUT2D eigenvalue weighted by atomic mass is 10.2. The fraction of sp³-hybridized carbons (Fsp3) is 0.500. The van der Waals surface area contributed by atoms with Gasteiger partial charge < -0.3 is 20.5 Å². The van der Waals surface area contributed by atoms with E-state index >= 15 is 0 Å². The van der Waals surface area contributed by atoms with Gasteiger partial charge in [-0.1, -0.05) is 6.07 Å². The molecule has 0 saturated heterocycles. The molecular weight excluding hydrogens is 244 g/mol. The van der Waals surface area contributed by atoms with Gasteiger partial charge in [-0.15, -0.1) is 0 Å². The van der Waals surface area contributed by atoms with Crippen LogP contribution in [-0.4, -0.2) is 26.2 Å². The Bertz CT molecular complexity index is 408. The smallest absolute Gasteiger partial charge is 0.219 e. The number of nitrogens with two attached hydrogens (primary N) is 1. The van der Waals surface area contributed by atoms with Crippen LogP contribution in [0.4, 0.5) is 0 Å². The Morgan fingerprint density at radius 1 is 1.32 bits per heavy atom. The maximum absolute atomic E-state index is 11.1. The number of hydrogen-bond acceptors (Lipinski definition) is 4. The molecule has 0 atom stereocenters. The summed E-state index contributed by atoms with van der Waals surface area (Å²) >= 11 is 0. The highest BCUT2D eigenvalue weighted by Gasteiger charge is 2.06. The van der Waals surface area contributed by atoms with Crippen LogP contribution < -0.4 is 20.5 Å². The predicted octanol–water partition coefficient (Wildman–Crippen LogP) is 1.45. The minimum atomic E-state index is 0.0205. The van der Waals surface area contributed by atoms with Gasteiger partial charge in [-0.2, -0.15) is 0 Å². The van der Waals surface area contributed by atoms with Crippen molar-refractivity contribution in [2.75, 3.05) is 20.3 Å². The van der Waals surface area contributed by atoms with Crippen LogP contribution in [0.2, 0.25) is 0 Å². The first-order chi connectivity index (χ1) is 9.21. The van der Waals surface area contributed by atoms with E-state index in [0.717, 1.165) is 5.56 Å². The van der Waals surface area contributed by atoms with E-state index < -0.39 is 0 Å². The Hall–Kier alpha value is -1.75. The second kappa shape index (κ2) is 8.37. The number of carbonyl (C=O) groups excluding carboxylic acids is 1. The van der Waals surface area contributed by atoms with Crippen LogP contribution in [-0.2, 0) is 11.3 Å². The highest BCUT2D eigenvalue weighted by atomic mass is 16.5. The monoisotopic (exact) mass is 266 g/mol. The van der Waals surface area contributed by atoms with Crippen LogP contribution in [0, 0.1) is 0 Å². The predicted molar refractivity (Wildman–Crippen MR) is 74.3 cm³/mol. The van der Waals surface area contributed by atoms with Crippen molar-refractivity contribution in [3.05, 3.63) is 23.8 Å². The third kappa shape index (κ3) is 5.18.